The Bertz CT molecular complexity index is 960. The Kier molecular flexibility index (Phi) is 4.10. The summed E-state index contributed by atoms with van der Waals surface area (Å²) in [6.45, 7) is 2.09. The first-order valence-electron chi connectivity index (χ1n) is 7.14. The van der Waals surface area contributed by atoms with Crippen molar-refractivity contribution in [2.24, 2.45) is 7.05 Å². The molecule has 3 aromatic rings. The number of nitrogens with one attached hydrogen (secondary N) is 1. The van der Waals surface area contributed by atoms with E-state index in [4.69, 9.17) is 0 Å². The van der Waals surface area contributed by atoms with Crippen molar-refractivity contribution >= 4 is 15.8 Å². The van der Waals surface area contributed by atoms with Crippen LogP contribution in [0.3, 0.4) is 0 Å². The van der Waals surface area contributed by atoms with Crippen molar-refractivity contribution in [1.82, 2.24) is 19.6 Å². The minimum absolute atomic E-state index is 0.109. The highest BCUT2D eigenvalue weighted by Gasteiger charge is 2.21. The van der Waals surface area contributed by atoms with Crippen molar-refractivity contribution in [3.05, 3.63) is 59.8 Å². The smallest absolute Gasteiger partial charge is 0.266 e. The first-order valence-corrected chi connectivity index (χ1v) is 8.63. The topological polar surface area (TPSA) is 81.8 Å². The van der Waals surface area contributed by atoms with Crippen LogP contribution in [0.2, 0.25) is 0 Å². The molecule has 2 heterocycles. The highest BCUT2D eigenvalue weighted by atomic mass is 32.2. The molecule has 0 fully saturated rings. The van der Waals surface area contributed by atoms with Crippen molar-refractivity contribution in [1.29, 1.82) is 0 Å². The average molecular weight is 349 g/mol. The summed E-state index contributed by atoms with van der Waals surface area (Å²) in [6.07, 6.45) is 2.95. The summed E-state index contributed by atoms with van der Waals surface area (Å²) in [7, 11) is -2.07. The lowest BCUT2D eigenvalue weighted by Crippen LogP contribution is -2.14. The molecule has 24 heavy (non-hydrogen) atoms. The predicted octanol–water partition coefficient (Wildman–Crippen LogP) is 1.91. The third-order valence-electron chi connectivity index (χ3n) is 3.62. The van der Waals surface area contributed by atoms with Gasteiger partial charge in [-0.05, 0) is 24.6 Å². The summed E-state index contributed by atoms with van der Waals surface area (Å²) >= 11 is 0. The fourth-order valence-electron chi connectivity index (χ4n) is 2.22. The van der Waals surface area contributed by atoms with Crippen LogP contribution < -0.4 is 4.72 Å². The average Bonchev–Trinajstić information content (AvgIpc) is 3.09. The molecule has 0 unspecified atom stereocenters. The van der Waals surface area contributed by atoms with Crippen LogP contribution in [0, 0.1) is 12.7 Å². The van der Waals surface area contributed by atoms with Crippen LogP contribution in [0.1, 0.15) is 11.3 Å². The molecule has 0 aliphatic carbocycles. The van der Waals surface area contributed by atoms with E-state index in [-0.39, 0.29) is 16.5 Å². The zero-order chi connectivity index (χ0) is 17.3. The molecule has 0 aliphatic heterocycles. The molecular formula is C15H16FN5O2S. The maximum atomic E-state index is 12.9. The van der Waals surface area contributed by atoms with Gasteiger partial charge in [-0.3, -0.25) is 14.1 Å². The number of nitrogens with zero attached hydrogens (tertiary/aromatic N) is 4. The standard InChI is InChI=1S/C15H16FN5O2S/c1-11-14(9-17-20(11)2)24(22,23)19-15-7-8-21(18-15)10-12-3-5-13(16)6-4-12/h3-9H,10H2,1-2H3,(H,18,19). The summed E-state index contributed by atoms with van der Waals surface area (Å²) in [5.41, 5.74) is 1.39. The second kappa shape index (κ2) is 6.08. The Morgan fingerprint density at radius 1 is 1.21 bits per heavy atom. The quantitative estimate of drug-likeness (QED) is 0.763. The van der Waals surface area contributed by atoms with E-state index in [1.807, 2.05) is 0 Å². The Morgan fingerprint density at radius 3 is 2.54 bits per heavy atom. The van der Waals surface area contributed by atoms with Gasteiger partial charge in [-0.2, -0.15) is 10.2 Å². The number of aromatic nitrogens is 4. The zero-order valence-electron chi connectivity index (χ0n) is 13.1. The maximum absolute atomic E-state index is 12.9. The summed E-state index contributed by atoms with van der Waals surface area (Å²) in [5.74, 6) is -0.0973. The summed E-state index contributed by atoms with van der Waals surface area (Å²) in [6, 6.07) is 7.60. The van der Waals surface area contributed by atoms with Crippen LogP contribution >= 0.6 is 0 Å². The van der Waals surface area contributed by atoms with Gasteiger partial charge in [-0.15, -0.1) is 0 Å². The second-order valence-electron chi connectivity index (χ2n) is 5.35. The van der Waals surface area contributed by atoms with E-state index >= 15 is 0 Å². The molecule has 3 rings (SSSR count). The normalized spacial score (nSPS) is 11.6. The van der Waals surface area contributed by atoms with Crippen LogP contribution in [0.5, 0.6) is 0 Å². The van der Waals surface area contributed by atoms with Gasteiger partial charge in [-0.25, -0.2) is 12.8 Å². The summed E-state index contributed by atoms with van der Waals surface area (Å²) in [5, 5.41) is 8.11. The Labute approximate surface area is 138 Å². The third-order valence-corrected chi connectivity index (χ3v) is 5.07. The second-order valence-corrected chi connectivity index (χ2v) is 7.00. The molecule has 2 aromatic heterocycles. The largest absolute Gasteiger partial charge is 0.272 e. The SMILES string of the molecule is Cc1c(S(=O)(=O)Nc2ccn(Cc3ccc(F)cc3)n2)cnn1C. The van der Waals surface area contributed by atoms with Crippen LogP contribution in [0.25, 0.3) is 0 Å². The summed E-state index contributed by atoms with van der Waals surface area (Å²) in [4.78, 5) is 0.109. The highest BCUT2D eigenvalue weighted by molar-refractivity contribution is 7.92. The molecule has 126 valence electrons. The van der Waals surface area contributed by atoms with E-state index in [1.165, 1.54) is 23.0 Å². The van der Waals surface area contributed by atoms with Crippen molar-refractivity contribution in [3.8, 4) is 0 Å². The number of rotatable bonds is 5. The molecule has 0 saturated heterocycles. The van der Waals surface area contributed by atoms with Gasteiger partial charge in [0.2, 0.25) is 0 Å². The van der Waals surface area contributed by atoms with Gasteiger partial charge in [0.05, 0.1) is 18.4 Å². The lowest BCUT2D eigenvalue weighted by molar-refractivity contribution is 0.599. The van der Waals surface area contributed by atoms with Gasteiger partial charge in [0, 0.05) is 19.3 Å². The van der Waals surface area contributed by atoms with Gasteiger partial charge >= 0.3 is 0 Å². The van der Waals surface area contributed by atoms with E-state index in [0.717, 1.165) is 5.56 Å². The Balaban J connectivity index is 1.76. The van der Waals surface area contributed by atoms with E-state index in [0.29, 0.717) is 12.2 Å². The number of aryl methyl sites for hydroxylation is 1. The zero-order valence-corrected chi connectivity index (χ0v) is 14.0. The third kappa shape index (κ3) is 3.30. The van der Waals surface area contributed by atoms with E-state index in [1.54, 1.807) is 43.0 Å². The van der Waals surface area contributed by atoms with Crippen LogP contribution in [-0.4, -0.2) is 28.0 Å². The molecule has 0 saturated carbocycles. The molecule has 7 nitrogen and oxygen atoms in total. The van der Waals surface area contributed by atoms with Gasteiger partial charge in [-0.1, -0.05) is 12.1 Å². The Hall–Kier alpha value is -2.68. The molecule has 0 radical (unpaired) electrons. The molecule has 0 spiro atoms. The Morgan fingerprint density at radius 2 is 1.92 bits per heavy atom. The number of benzene rings is 1. The lowest BCUT2D eigenvalue weighted by Gasteiger charge is -2.05. The van der Waals surface area contributed by atoms with Crippen molar-refractivity contribution in [2.45, 2.75) is 18.4 Å². The number of halogens is 1. The molecule has 1 N–H and O–H groups in total. The van der Waals surface area contributed by atoms with Crippen molar-refractivity contribution in [3.63, 3.8) is 0 Å². The fourth-order valence-corrected chi connectivity index (χ4v) is 3.42. The van der Waals surface area contributed by atoms with Crippen molar-refractivity contribution in [2.75, 3.05) is 4.72 Å². The number of hydrogen-bond acceptors (Lipinski definition) is 4. The van der Waals surface area contributed by atoms with Gasteiger partial charge in [0.1, 0.15) is 10.7 Å². The maximum Gasteiger partial charge on any atom is 0.266 e. The molecule has 0 atom stereocenters. The van der Waals surface area contributed by atoms with Gasteiger partial charge in [0.25, 0.3) is 10.0 Å². The lowest BCUT2D eigenvalue weighted by atomic mass is 10.2. The van der Waals surface area contributed by atoms with Crippen LogP contribution in [0.4, 0.5) is 10.2 Å². The molecule has 0 amide bonds. The molecule has 1 aromatic carbocycles. The predicted molar refractivity (Wildman–Crippen MR) is 86.5 cm³/mol. The van der Waals surface area contributed by atoms with Gasteiger partial charge < -0.3 is 0 Å². The summed E-state index contributed by atoms with van der Waals surface area (Å²) < 4.78 is 43.2. The van der Waals surface area contributed by atoms with E-state index < -0.39 is 10.0 Å². The monoisotopic (exact) mass is 349 g/mol. The molecule has 0 aliphatic rings. The highest BCUT2D eigenvalue weighted by Crippen LogP contribution is 2.17. The number of hydrogen-bond donors (Lipinski definition) is 1. The van der Waals surface area contributed by atoms with E-state index in [9.17, 15) is 12.8 Å². The fraction of sp³-hybridized carbons (Fsp3) is 0.200. The first kappa shape index (κ1) is 16.2. The van der Waals surface area contributed by atoms with Crippen LogP contribution in [0.15, 0.2) is 47.6 Å². The van der Waals surface area contributed by atoms with Gasteiger partial charge in [0.15, 0.2) is 5.82 Å². The first-order chi connectivity index (χ1) is 11.3. The van der Waals surface area contributed by atoms with Crippen molar-refractivity contribution < 1.29 is 12.8 Å². The van der Waals surface area contributed by atoms with Crippen LogP contribution in [-0.2, 0) is 23.6 Å². The molecule has 0 bridgehead atoms. The molecule has 9 heteroatoms. The molecular weight excluding hydrogens is 333 g/mol. The number of sulfonamides is 1. The van der Waals surface area contributed by atoms with E-state index in [2.05, 4.69) is 14.9 Å². The minimum atomic E-state index is -3.75. The minimum Gasteiger partial charge on any atom is -0.272 e. The number of anilines is 1.